The number of ether oxygens (including phenoxy) is 2. The van der Waals surface area contributed by atoms with Crippen LogP contribution in [0.2, 0.25) is 10.0 Å². The monoisotopic (exact) mass is 459 g/mol. The molecule has 0 unspecified atom stereocenters. The number of likely N-dealkylation sites (N-methyl/N-ethyl adjacent to an activating group) is 1. The number of carbonyl (C=O) groups excluding carboxylic acids is 1. The summed E-state index contributed by atoms with van der Waals surface area (Å²) in [6, 6.07) is 9.28. The highest BCUT2D eigenvalue weighted by molar-refractivity contribution is 7.89. The Morgan fingerprint density at radius 1 is 1.17 bits per heavy atom. The molecule has 29 heavy (non-hydrogen) atoms. The summed E-state index contributed by atoms with van der Waals surface area (Å²) < 4.78 is 36.7. The van der Waals surface area contributed by atoms with Gasteiger partial charge in [0.1, 0.15) is 16.4 Å². The molecule has 8 nitrogen and oxygen atoms in total. The third-order valence-electron chi connectivity index (χ3n) is 3.81. The molecule has 0 aliphatic rings. The largest absolute Gasteiger partial charge is 0.497 e. The van der Waals surface area contributed by atoms with E-state index in [9.17, 15) is 13.2 Å². The molecule has 0 saturated heterocycles. The molecule has 0 aliphatic carbocycles. The Bertz CT molecular complexity index is 1010. The summed E-state index contributed by atoms with van der Waals surface area (Å²) in [7, 11) is 0.00432. The van der Waals surface area contributed by atoms with Gasteiger partial charge in [-0.05, 0) is 24.3 Å². The van der Waals surface area contributed by atoms with E-state index in [1.165, 1.54) is 39.6 Å². The van der Waals surface area contributed by atoms with Crippen LogP contribution in [0.1, 0.15) is 5.56 Å². The van der Waals surface area contributed by atoms with Crippen molar-refractivity contribution in [1.82, 2.24) is 9.73 Å². The summed E-state index contributed by atoms with van der Waals surface area (Å²) in [4.78, 5) is 12.0. The summed E-state index contributed by atoms with van der Waals surface area (Å²) in [5.74, 6) is -0.190. The van der Waals surface area contributed by atoms with Crippen LogP contribution in [0, 0.1) is 0 Å². The fourth-order valence-corrected chi connectivity index (χ4v) is 4.07. The van der Waals surface area contributed by atoms with Crippen LogP contribution in [0.4, 0.5) is 0 Å². The first-order valence-electron chi connectivity index (χ1n) is 8.15. The van der Waals surface area contributed by atoms with Gasteiger partial charge in [0, 0.05) is 18.7 Å². The van der Waals surface area contributed by atoms with E-state index < -0.39 is 22.5 Å². The van der Waals surface area contributed by atoms with Crippen molar-refractivity contribution in [2.45, 2.75) is 4.90 Å². The van der Waals surface area contributed by atoms with Crippen LogP contribution in [0.5, 0.6) is 11.5 Å². The SMILES string of the molecule is COc1ccc(OC)c(S(=O)(=O)N(C)CC(=O)N/N=C\c2c(Cl)cccc2Cl)c1. The second kappa shape index (κ2) is 9.93. The zero-order valence-corrected chi connectivity index (χ0v) is 18.2. The number of sulfonamides is 1. The Hall–Kier alpha value is -2.33. The van der Waals surface area contributed by atoms with Gasteiger partial charge in [-0.1, -0.05) is 29.3 Å². The van der Waals surface area contributed by atoms with Crippen molar-refractivity contribution in [3.05, 3.63) is 52.0 Å². The first-order chi connectivity index (χ1) is 13.7. The van der Waals surface area contributed by atoms with Crippen LogP contribution >= 0.6 is 23.2 Å². The van der Waals surface area contributed by atoms with E-state index in [1.54, 1.807) is 24.3 Å². The molecule has 0 saturated carbocycles. The number of nitrogens with one attached hydrogen (secondary N) is 1. The van der Waals surface area contributed by atoms with Crippen molar-refractivity contribution < 1.29 is 22.7 Å². The molecular formula is C18H19Cl2N3O5S. The number of hydrogen-bond acceptors (Lipinski definition) is 6. The third-order valence-corrected chi connectivity index (χ3v) is 6.29. The molecule has 0 aromatic heterocycles. The van der Waals surface area contributed by atoms with Crippen LogP contribution in [-0.4, -0.2) is 52.7 Å². The highest BCUT2D eigenvalue weighted by Crippen LogP contribution is 2.30. The smallest absolute Gasteiger partial charge is 0.255 e. The summed E-state index contributed by atoms with van der Waals surface area (Å²) >= 11 is 12.0. The quantitative estimate of drug-likeness (QED) is 0.483. The third kappa shape index (κ3) is 5.60. The van der Waals surface area contributed by atoms with Gasteiger partial charge in [-0.3, -0.25) is 4.79 Å². The maximum absolute atomic E-state index is 12.8. The highest BCUT2D eigenvalue weighted by Gasteiger charge is 2.27. The van der Waals surface area contributed by atoms with Crippen molar-refractivity contribution in [3.8, 4) is 11.5 Å². The van der Waals surface area contributed by atoms with Crippen molar-refractivity contribution in [2.75, 3.05) is 27.8 Å². The Morgan fingerprint density at radius 3 is 2.41 bits per heavy atom. The number of rotatable bonds is 8. The summed E-state index contributed by atoms with van der Waals surface area (Å²) in [6.07, 6.45) is 1.28. The second-order valence-electron chi connectivity index (χ2n) is 5.71. The molecule has 2 aromatic carbocycles. The lowest BCUT2D eigenvalue weighted by atomic mass is 10.2. The standard InChI is InChI=1S/C18H19Cl2N3O5S/c1-23(29(25,26)17-9-12(27-2)7-8-16(17)28-3)11-18(24)22-21-10-13-14(19)5-4-6-15(13)20/h4-10H,11H2,1-3H3,(H,22,24)/b21-10-. The molecule has 0 heterocycles. The average Bonchev–Trinajstić information content (AvgIpc) is 2.69. The van der Waals surface area contributed by atoms with Gasteiger partial charge in [0.15, 0.2) is 0 Å². The lowest BCUT2D eigenvalue weighted by molar-refractivity contribution is -0.121. The van der Waals surface area contributed by atoms with Crippen LogP contribution in [0.25, 0.3) is 0 Å². The molecule has 156 valence electrons. The zero-order chi connectivity index (χ0) is 21.6. The Morgan fingerprint density at radius 2 is 1.83 bits per heavy atom. The van der Waals surface area contributed by atoms with E-state index in [2.05, 4.69) is 10.5 Å². The topological polar surface area (TPSA) is 97.3 Å². The molecule has 0 spiro atoms. The summed E-state index contributed by atoms with van der Waals surface area (Å²) in [6.45, 7) is -0.476. The lowest BCUT2D eigenvalue weighted by Gasteiger charge is -2.18. The van der Waals surface area contributed by atoms with E-state index >= 15 is 0 Å². The van der Waals surface area contributed by atoms with Crippen LogP contribution < -0.4 is 14.9 Å². The first kappa shape index (κ1) is 23.0. The van der Waals surface area contributed by atoms with E-state index in [0.29, 0.717) is 21.4 Å². The second-order valence-corrected chi connectivity index (χ2v) is 8.53. The predicted octanol–water partition coefficient (Wildman–Crippen LogP) is 2.78. The number of benzene rings is 2. The van der Waals surface area contributed by atoms with Crippen molar-refractivity contribution in [2.24, 2.45) is 5.10 Å². The maximum Gasteiger partial charge on any atom is 0.255 e. The average molecular weight is 460 g/mol. The Balaban J connectivity index is 2.12. The van der Waals surface area contributed by atoms with Gasteiger partial charge in [0.05, 0.1) is 37.0 Å². The molecule has 1 amide bonds. The number of amides is 1. The van der Waals surface area contributed by atoms with Gasteiger partial charge in [-0.15, -0.1) is 0 Å². The summed E-state index contributed by atoms with van der Waals surface area (Å²) in [5, 5.41) is 4.50. The lowest BCUT2D eigenvalue weighted by Crippen LogP contribution is -2.36. The van der Waals surface area contributed by atoms with Crippen LogP contribution in [0.3, 0.4) is 0 Å². The van der Waals surface area contributed by atoms with E-state index in [4.69, 9.17) is 32.7 Å². The van der Waals surface area contributed by atoms with Gasteiger partial charge in [-0.2, -0.15) is 9.41 Å². The van der Waals surface area contributed by atoms with Crippen molar-refractivity contribution in [3.63, 3.8) is 0 Å². The van der Waals surface area contributed by atoms with Gasteiger partial charge in [0.2, 0.25) is 10.0 Å². The molecule has 2 aromatic rings. The van der Waals surface area contributed by atoms with Crippen LogP contribution in [0.15, 0.2) is 46.4 Å². The fraction of sp³-hybridized carbons (Fsp3) is 0.222. The van der Waals surface area contributed by atoms with Gasteiger partial charge in [-0.25, -0.2) is 13.8 Å². The first-order valence-corrected chi connectivity index (χ1v) is 10.3. The molecule has 0 fully saturated rings. The fourth-order valence-electron chi connectivity index (χ4n) is 2.28. The molecular weight excluding hydrogens is 441 g/mol. The number of halogens is 2. The number of hydrogen-bond donors (Lipinski definition) is 1. The number of carbonyl (C=O) groups is 1. The number of hydrazone groups is 1. The van der Waals surface area contributed by atoms with E-state index in [-0.39, 0.29) is 10.6 Å². The maximum atomic E-state index is 12.8. The minimum Gasteiger partial charge on any atom is -0.497 e. The normalized spacial score (nSPS) is 11.7. The van der Waals surface area contributed by atoms with Gasteiger partial charge in [0.25, 0.3) is 5.91 Å². The van der Waals surface area contributed by atoms with E-state index in [0.717, 1.165) is 4.31 Å². The predicted molar refractivity (Wildman–Crippen MR) is 112 cm³/mol. The molecule has 0 atom stereocenters. The van der Waals surface area contributed by atoms with Crippen molar-refractivity contribution >= 4 is 45.3 Å². The number of methoxy groups -OCH3 is 2. The summed E-state index contributed by atoms with van der Waals surface area (Å²) in [5.41, 5.74) is 2.67. The molecule has 2 rings (SSSR count). The highest BCUT2D eigenvalue weighted by atomic mass is 35.5. The minimum absolute atomic E-state index is 0.124. The van der Waals surface area contributed by atoms with Crippen molar-refractivity contribution in [1.29, 1.82) is 0 Å². The van der Waals surface area contributed by atoms with E-state index in [1.807, 2.05) is 0 Å². The van der Waals surface area contributed by atoms with Gasteiger partial charge >= 0.3 is 0 Å². The van der Waals surface area contributed by atoms with Crippen LogP contribution in [-0.2, 0) is 14.8 Å². The minimum atomic E-state index is -4.03. The van der Waals surface area contributed by atoms with Gasteiger partial charge < -0.3 is 9.47 Å². The Kier molecular flexibility index (Phi) is 7.86. The molecule has 11 heteroatoms. The molecule has 0 aliphatic heterocycles. The molecule has 0 bridgehead atoms. The molecule has 1 N–H and O–H groups in total. The Labute approximate surface area is 179 Å². The zero-order valence-electron chi connectivity index (χ0n) is 15.8. The number of nitrogens with zero attached hydrogens (tertiary/aromatic N) is 2. The molecule has 0 radical (unpaired) electrons.